The number of carbonyl (C=O) groups is 1. The van der Waals surface area contributed by atoms with E-state index in [4.69, 9.17) is 0 Å². The van der Waals surface area contributed by atoms with Gasteiger partial charge in [0.25, 0.3) is 5.91 Å². The maximum absolute atomic E-state index is 13.1. The van der Waals surface area contributed by atoms with Gasteiger partial charge in [0.1, 0.15) is 5.75 Å². The predicted molar refractivity (Wildman–Crippen MR) is 134 cm³/mol. The number of carbonyl (C=O) groups excluding carboxylic acids is 1. The summed E-state index contributed by atoms with van der Waals surface area (Å²) in [5, 5.41) is 11.9. The SMILES string of the molecule is O=C(c1ccn2cncc2c1)N1CCC(c2cccc(-c3ccc4cc(O)ccc4c3)c2)CC1. The number of hydrogen-bond donors (Lipinski definition) is 1. The van der Waals surface area contributed by atoms with Gasteiger partial charge in [-0.1, -0.05) is 42.5 Å². The van der Waals surface area contributed by atoms with E-state index < -0.39 is 0 Å². The summed E-state index contributed by atoms with van der Waals surface area (Å²) in [5.74, 6) is 0.825. The van der Waals surface area contributed by atoms with Crippen molar-refractivity contribution in [3.8, 4) is 16.9 Å². The molecule has 5 heteroatoms. The van der Waals surface area contributed by atoms with E-state index in [0.717, 1.165) is 47.8 Å². The molecule has 1 saturated heterocycles. The van der Waals surface area contributed by atoms with Gasteiger partial charge in [-0.05, 0) is 76.6 Å². The molecule has 34 heavy (non-hydrogen) atoms. The summed E-state index contributed by atoms with van der Waals surface area (Å²) in [6.07, 6.45) is 7.33. The van der Waals surface area contributed by atoms with E-state index >= 15 is 0 Å². The summed E-state index contributed by atoms with van der Waals surface area (Å²) in [6, 6.07) is 24.4. The summed E-state index contributed by atoms with van der Waals surface area (Å²) in [7, 11) is 0. The van der Waals surface area contributed by atoms with Crippen LogP contribution in [-0.4, -0.2) is 38.4 Å². The fraction of sp³-hybridized carbons (Fsp3) is 0.172. The zero-order chi connectivity index (χ0) is 23.1. The Morgan fingerprint density at radius 3 is 2.56 bits per heavy atom. The summed E-state index contributed by atoms with van der Waals surface area (Å²) >= 11 is 0. The lowest BCUT2D eigenvalue weighted by Crippen LogP contribution is -2.37. The second-order valence-electron chi connectivity index (χ2n) is 9.08. The van der Waals surface area contributed by atoms with E-state index in [1.807, 2.05) is 33.7 Å². The summed E-state index contributed by atoms with van der Waals surface area (Å²) < 4.78 is 1.91. The molecule has 0 aliphatic carbocycles. The van der Waals surface area contributed by atoms with Gasteiger partial charge in [0.05, 0.1) is 18.0 Å². The summed E-state index contributed by atoms with van der Waals surface area (Å²) in [5.41, 5.74) is 5.35. The second-order valence-corrected chi connectivity index (χ2v) is 9.08. The Labute approximate surface area is 197 Å². The normalized spacial score (nSPS) is 14.6. The first kappa shape index (κ1) is 20.5. The Morgan fingerprint density at radius 2 is 1.68 bits per heavy atom. The molecule has 2 aromatic heterocycles. The number of hydrogen-bond acceptors (Lipinski definition) is 3. The van der Waals surface area contributed by atoms with E-state index in [1.54, 1.807) is 24.7 Å². The van der Waals surface area contributed by atoms with E-state index in [-0.39, 0.29) is 11.7 Å². The van der Waals surface area contributed by atoms with Crippen molar-refractivity contribution < 1.29 is 9.90 Å². The zero-order valence-electron chi connectivity index (χ0n) is 18.8. The number of phenolic OH excluding ortho intramolecular Hbond substituents is 1. The van der Waals surface area contributed by atoms with Crippen molar-refractivity contribution in [2.75, 3.05) is 13.1 Å². The standard InChI is InChI=1S/C29H25N3O2/c33-28-7-6-24-15-23(4-5-25(24)17-28)22-3-1-2-21(14-22)20-8-11-31(12-9-20)29(34)26-10-13-32-19-30-18-27(32)16-26/h1-7,10,13-20,33H,8-9,11-12H2. The number of aromatic hydroxyl groups is 1. The van der Waals surface area contributed by atoms with Gasteiger partial charge in [-0.25, -0.2) is 4.98 Å². The summed E-state index contributed by atoms with van der Waals surface area (Å²) in [4.78, 5) is 19.2. The highest BCUT2D eigenvalue weighted by Gasteiger charge is 2.25. The number of likely N-dealkylation sites (tertiary alicyclic amines) is 1. The van der Waals surface area contributed by atoms with Crippen molar-refractivity contribution >= 4 is 22.2 Å². The molecule has 5 aromatic rings. The fourth-order valence-electron chi connectivity index (χ4n) is 5.04. The number of fused-ring (bicyclic) bond motifs is 2. The molecule has 1 aliphatic rings. The fourth-order valence-corrected chi connectivity index (χ4v) is 5.04. The lowest BCUT2D eigenvalue weighted by atomic mass is 9.87. The third-order valence-electron chi connectivity index (χ3n) is 6.96. The van der Waals surface area contributed by atoms with Crippen LogP contribution in [0.15, 0.2) is 91.5 Å². The van der Waals surface area contributed by atoms with Crippen LogP contribution in [0.1, 0.15) is 34.7 Å². The van der Waals surface area contributed by atoms with Crippen LogP contribution in [0.4, 0.5) is 0 Å². The third-order valence-corrected chi connectivity index (χ3v) is 6.96. The number of benzene rings is 3. The van der Waals surface area contributed by atoms with Crippen LogP contribution in [0.5, 0.6) is 5.75 Å². The van der Waals surface area contributed by atoms with Crippen LogP contribution in [0.2, 0.25) is 0 Å². The van der Waals surface area contributed by atoms with Crippen molar-refractivity contribution in [1.82, 2.24) is 14.3 Å². The van der Waals surface area contributed by atoms with Gasteiger partial charge < -0.3 is 14.4 Å². The van der Waals surface area contributed by atoms with Gasteiger partial charge in [-0.3, -0.25) is 4.79 Å². The smallest absolute Gasteiger partial charge is 0.253 e. The Balaban J connectivity index is 1.17. The molecule has 0 atom stereocenters. The molecule has 1 amide bonds. The maximum atomic E-state index is 13.1. The largest absolute Gasteiger partial charge is 0.508 e. The molecular weight excluding hydrogens is 422 g/mol. The molecule has 0 bridgehead atoms. The first-order valence-electron chi connectivity index (χ1n) is 11.7. The average molecular weight is 448 g/mol. The molecule has 168 valence electrons. The van der Waals surface area contributed by atoms with Gasteiger partial charge in [-0.15, -0.1) is 0 Å². The molecular formula is C29H25N3O2. The minimum atomic E-state index is 0.0955. The molecule has 1 fully saturated rings. The van der Waals surface area contributed by atoms with Gasteiger partial charge in [0, 0.05) is 24.8 Å². The molecule has 5 nitrogen and oxygen atoms in total. The zero-order valence-corrected chi connectivity index (χ0v) is 18.8. The molecule has 1 aliphatic heterocycles. The number of amides is 1. The van der Waals surface area contributed by atoms with Crippen LogP contribution < -0.4 is 0 Å². The van der Waals surface area contributed by atoms with Crippen molar-refractivity contribution in [2.45, 2.75) is 18.8 Å². The molecule has 0 spiro atoms. The molecule has 3 aromatic carbocycles. The van der Waals surface area contributed by atoms with Crippen LogP contribution >= 0.6 is 0 Å². The molecule has 0 radical (unpaired) electrons. The monoisotopic (exact) mass is 447 g/mol. The van der Waals surface area contributed by atoms with E-state index in [9.17, 15) is 9.90 Å². The Kier molecular flexibility index (Phi) is 5.02. The number of rotatable bonds is 3. The number of piperidine rings is 1. The highest BCUT2D eigenvalue weighted by molar-refractivity contribution is 5.95. The van der Waals surface area contributed by atoms with Gasteiger partial charge in [0.2, 0.25) is 0 Å². The van der Waals surface area contributed by atoms with Crippen molar-refractivity contribution in [1.29, 1.82) is 0 Å². The second kappa shape index (κ2) is 8.34. The lowest BCUT2D eigenvalue weighted by Gasteiger charge is -2.32. The average Bonchev–Trinajstić information content (AvgIpc) is 3.36. The van der Waals surface area contributed by atoms with Gasteiger partial charge >= 0.3 is 0 Å². The van der Waals surface area contributed by atoms with E-state index in [2.05, 4.69) is 47.4 Å². The number of aromatic nitrogens is 2. The van der Waals surface area contributed by atoms with Gasteiger partial charge in [0.15, 0.2) is 0 Å². The third kappa shape index (κ3) is 3.79. The van der Waals surface area contributed by atoms with Crippen LogP contribution in [0, 0.1) is 0 Å². The number of nitrogens with zero attached hydrogens (tertiary/aromatic N) is 3. The Morgan fingerprint density at radius 1 is 0.882 bits per heavy atom. The molecule has 1 N–H and O–H groups in total. The number of pyridine rings is 1. The number of phenols is 1. The van der Waals surface area contributed by atoms with Crippen molar-refractivity contribution in [2.24, 2.45) is 0 Å². The molecule has 0 saturated carbocycles. The van der Waals surface area contributed by atoms with E-state index in [1.165, 1.54) is 16.7 Å². The highest BCUT2D eigenvalue weighted by atomic mass is 16.3. The Hall–Kier alpha value is -4.12. The van der Waals surface area contributed by atoms with Crippen molar-refractivity contribution in [3.63, 3.8) is 0 Å². The minimum absolute atomic E-state index is 0.0955. The van der Waals surface area contributed by atoms with Crippen LogP contribution in [0.25, 0.3) is 27.4 Å². The highest BCUT2D eigenvalue weighted by Crippen LogP contribution is 2.33. The topological polar surface area (TPSA) is 57.8 Å². The molecule has 6 rings (SSSR count). The summed E-state index contributed by atoms with van der Waals surface area (Å²) in [6.45, 7) is 1.52. The minimum Gasteiger partial charge on any atom is -0.508 e. The van der Waals surface area contributed by atoms with Crippen molar-refractivity contribution in [3.05, 3.63) is 103 Å². The quantitative estimate of drug-likeness (QED) is 0.376. The first-order chi connectivity index (χ1) is 16.6. The lowest BCUT2D eigenvalue weighted by molar-refractivity contribution is 0.0713. The first-order valence-corrected chi connectivity index (χ1v) is 11.7. The van der Waals surface area contributed by atoms with E-state index in [0.29, 0.717) is 5.92 Å². The molecule has 3 heterocycles. The maximum Gasteiger partial charge on any atom is 0.253 e. The van der Waals surface area contributed by atoms with Crippen LogP contribution in [0.3, 0.4) is 0 Å². The number of imidazole rings is 1. The predicted octanol–water partition coefficient (Wildman–Crippen LogP) is 5.88. The molecule has 0 unspecified atom stereocenters. The van der Waals surface area contributed by atoms with Crippen LogP contribution in [-0.2, 0) is 0 Å². The van der Waals surface area contributed by atoms with Gasteiger partial charge in [-0.2, -0.15) is 0 Å². The Bertz CT molecular complexity index is 1510.